The first-order valence-corrected chi connectivity index (χ1v) is 12.8. The summed E-state index contributed by atoms with van der Waals surface area (Å²) in [6.45, 7) is 4.45. The molecule has 0 radical (unpaired) electrons. The largest absolute Gasteiger partial charge is 0.348 e. The molecule has 6 heteroatoms. The van der Waals surface area contributed by atoms with Crippen molar-refractivity contribution in [3.8, 4) is 0 Å². The molecule has 1 N–H and O–H groups in total. The van der Waals surface area contributed by atoms with E-state index in [2.05, 4.69) is 28.4 Å². The van der Waals surface area contributed by atoms with Crippen molar-refractivity contribution >= 4 is 16.8 Å². The number of nitrogens with one attached hydrogen (secondary N) is 1. The zero-order valence-corrected chi connectivity index (χ0v) is 19.9. The highest BCUT2D eigenvalue weighted by Gasteiger charge is 2.16. The van der Waals surface area contributed by atoms with Crippen LogP contribution in [0.2, 0.25) is 0 Å². The lowest BCUT2D eigenvalue weighted by Gasteiger charge is -2.27. The van der Waals surface area contributed by atoms with Gasteiger partial charge in [-0.25, -0.2) is 4.98 Å². The summed E-state index contributed by atoms with van der Waals surface area (Å²) < 4.78 is 1.83. The molecule has 1 amide bonds. The minimum atomic E-state index is -0.136. The van der Waals surface area contributed by atoms with Crippen LogP contribution < -0.4 is 10.9 Å². The number of carbonyl (C=O) groups excluding carboxylic acids is 1. The third kappa shape index (κ3) is 5.07. The van der Waals surface area contributed by atoms with Crippen LogP contribution in [0.3, 0.4) is 0 Å². The Kier molecular flexibility index (Phi) is 7.05. The highest BCUT2D eigenvalue weighted by atomic mass is 16.1. The SMILES string of the molecule is O=C(NCc1ccccc1CN1CCCCC1)c1ccc2c(=O)n3c(nc2c1)CCCCCC3. The molecule has 2 aliphatic heterocycles. The molecule has 2 aromatic carbocycles. The quantitative estimate of drug-likeness (QED) is 0.614. The number of hydrogen-bond donors (Lipinski definition) is 1. The van der Waals surface area contributed by atoms with Crippen molar-refractivity contribution < 1.29 is 4.79 Å². The van der Waals surface area contributed by atoms with E-state index < -0.39 is 0 Å². The fourth-order valence-electron chi connectivity index (χ4n) is 5.26. The molecule has 0 atom stereocenters. The maximum absolute atomic E-state index is 13.0. The van der Waals surface area contributed by atoms with Crippen molar-refractivity contribution in [1.29, 1.82) is 0 Å². The van der Waals surface area contributed by atoms with Gasteiger partial charge in [-0.2, -0.15) is 0 Å². The first-order chi connectivity index (χ1) is 16.7. The number of piperidine rings is 1. The molecule has 3 aromatic rings. The van der Waals surface area contributed by atoms with Crippen molar-refractivity contribution in [3.63, 3.8) is 0 Å². The smallest absolute Gasteiger partial charge is 0.261 e. The lowest BCUT2D eigenvalue weighted by Crippen LogP contribution is -2.30. The summed E-state index contributed by atoms with van der Waals surface area (Å²) in [4.78, 5) is 33.4. The summed E-state index contributed by atoms with van der Waals surface area (Å²) in [6, 6.07) is 13.6. The third-order valence-electron chi connectivity index (χ3n) is 7.23. The minimum Gasteiger partial charge on any atom is -0.348 e. The van der Waals surface area contributed by atoms with Crippen LogP contribution in [0.15, 0.2) is 47.3 Å². The summed E-state index contributed by atoms with van der Waals surface area (Å²) in [5.41, 5.74) is 3.61. The van der Waals surface area contributed by atoms with Gasteiger partial charge in [0.05, 0.1) is 10.9 Å². The predicted octanol–water partition coefficient (Wildman–Crippen LogP) is 4.43. The monoisotopic (exact) mass is 458 g/mol. The molecule has 0 saturated carbocycles. The average Bonchev–Trinajstić information content (AvgIpc) is 2.85. The van der Waals surface area contributed by atoms with Gasteiger partial charge in [-0.15, -0.1) is 0 Å². The number of hydrogen-bond acceptors (Lipinski definition) is 4. The van der Waals surface area contributed by atoms with Gasteiger partial charge in [0.1, 0.15) is 5.82 Å². The number of aryl methyl sites for hydroxylation is 1. The maximum Gasteiger partial charge on any atom is 0.261 e. The zero-order valence-electron chi connectivity index (χ0n) is 19.9. The Bertz CT molecular complexity index is 1230. The first kappa shape index (κ1) is 22.8. The van der Waals surface area contributed by atoms with E-state index in [-0.39, 0.29) is 11.5 Å². The van der Waals surface area contributed by atoms with Gasteiger partial charge >= 0.3 is 0 Å². The van der Waals surface area contributed by atoms with Crippen LogP contribution in [0, 0.1) is 0 Å². The van der Waals surface area contributed by atoms with Gasteiger partial charge in [0.15, 0.2) is 0 Å². The lowest BCUT2D eigenvalue weighted by molar-refractivity contribution is 0.0951. The molecule has 5 rings (SSSR count). The number of benzene rings is 2. The van der Waals surface area contributed by atoms with Gasteiger partial charge in [0.25, 0.3) is 11.5 Å². The number of aromatic nitrogens is 2. The number of amides is 1. The molecular formula is C28H34N4O2. The second-order valence-electron chi connectivity index (χ2n) is 9.67. The summed E-state index contributed by atoms with van der Waals surface area (Å²) in [5, 5.41) is 3.67. The van der Waals surface area contributed by atoms with Gasteiger partial charge in [0.2, 0.25) is 0 Å². The van der Waals surface area contributed by atoms with Crippen LogP contribution in [-0.4, -0.2) is 33.4 Å². The van der Waals surface area contributed by atoms with E-state index in [1.54, 1.807) is 18.2 Å². The molecule has 1 saturated heterocycles. The summed E-state index contributed by atoms with van der Waals surface area (Å²) in [7, 11) is 0. The van der Waals surface area contributed by atoms with Gasteiger partial charge < -0.3 is 5.32 Å². The Morgan fingerprint density at radius 1 is 0.882 bits per heavy atom. The van der Waals surface area contributed by atoms with Crippen LogP contribution >= 0.6 is 0 Å². The first-order valence-electron chi connectivity index (χ1n) is 12.8. The standard InChI is InChI=1S/C28H34N4O2/c33-27(29-19-22-10-5-6-11-23(22)20-31-15-7-3-8-16-31)21-13-14-24-25(18-21)30-26-12-4-1-2-9-17-32(26)28(24)34/h5-6,10-11,13-14,18H,1-4,7-9,12,15-17,19-20H2,(H,29,33). The molecule has 34 heavy (non-hydrogen) atoms. The van der Waals surface area contributed by atoms with E-state index in [0.29, 0.717) is 23.0 Å². The number of nitrogens with zero attached hydrogens (tertiary/aromatic N) is 3. The number of fused-ring (bicyclic) bond motifs is 2. The maximum atomic E-state index is 13.0. The van der Waals surface area contributed by atoms with Crippen LogP contribution in [0.5, 0.6) is 0 Å². The fraction of sp³-hybridized carbons (Fsp3) is 0.464. The van der Waals surface area contributed by atoms with Gasteiger partial charge in [-0.1, -0.05) is 43.5 Å². The second-order valence-corrected chi connectivity index (χ2v) is 9.67. The molecule has 1 fully saturated rings. The Morgan fingerprint density at radius 3 is 2.47 bits per heavy atom. The Hall–Kier alpha value is -2.99. The predicted molar refractivity (Wildman–Crippen MR) is 135 cm³/mol. The number of carbonyl (C=O) groups is 1. The fourth-order valence-corrected chi connectivity index (χ4v) is 5.26. The topological polar surface area (TPSA) is 67.2 Å². The van der Waals surface area contributed by atoms with Crippen LogP contribution in [-0.2, 0) is 26.1 Å². The van der Waals surface area contributed by atoms with Crippen molar-refractivity contribution in [2.75, 3.05) is 13.1 Å². The van der Waals surface area contributed by atoms with Crippen LogP contribution in [0.4, 0.5) is 0 Å². The molecule has 0 unspecified atom stereocenters. The molecule has 0 aliphatic carbocycles. The van der Waals surface area contributed by atoms with Crippen molar-refractivity contribution in [2.24, 2.45) is 0 Å². The molecular weight excluding hydrogens is 424 g/mol. The molecule has 1 aromatic heterocycles. The third-order valence-corrected chi connectivity index (χ3v) is 7.23. The second kappa shape index (κ2) is 10.5. The van der Waals surface area contributed by atoms with Gasteiger partial charge in [-0.3, -0.25) is 19.1 Å². The molecule has 0 bridgehead atoms. The van der Waals surface area contributed by atoms with Crippen molar-refractivity contribution in [3.05, 3.63) is 75.3 Å². The van der Waals surface area contributed by atoms with Gasteiger partial charge in [-0.05, 0) is 68.1 Å². The van der Waals surface area contributed by atoms with E-state index in [0.717, 1.165) is 63.3 Å². The number of likely N-dealkylation sites (tertiary alicyclic amines) is 1. The van der Waals surface area contributed by atoms with E-state index in [1.807, 2.05) is 10.6 Å². The Balaban J connectivity index is 1.32. The molecule has 2 aliphatic rings. The normalized spacial score (nSPS) is 17.1. The summed E-state index contributed by atoms with van der Waals surface area (Å²) in [5.74, 6) is 0.713. The van der Waals surface area contributed by atoms with E-state index >= 15 is 0 Å². The minimum absolute atomic E-state index is 0.0144. The Morgan fingerprint density at radius 2 is 1.62 bits per heavy atom. The van der Waals surface area contributed by atoms with Crippen molar-refractivity contribution in [1.82, 2.24) is 19.8 Å². The van der Waals surface area contributed by atoms with Crippen LogP contribution in [0.25, 0.3) is 10.9 Å². The van der Waals surface area contributed by atoms with Crippen LogP contribution in [0.1, 0.15) is 72.3 Å². The zero-order chi connectivity index (χ0) is 23.3. The van der Waals surface area contributed by atoms with E-state index in [4.69, 9.17) is 4.98 Å². The molecule has 6 nitrogen and oxygen atoms in total. The summed E-state index contributed by atoms with van der Waals surface area (Å²) >= 11 is 0. The highest BCUT2D eigenvalue weighted by Crippen LogP contribution is 2.18. The lowest BCUT2D eigenvalue weighted by atomic mass is 10.0. The average molecular weight is 459 g/mol. The molecule has 178 valence electrons. The van der Waals surface area contributed by atoms with Gasteiger partial charge in [0, 0.05) is 31.6 Å². The Labute approximate surface area is 201 Å². The number of rotatable bonds is 5. The highest BCUT2D eigenvalue weighted by molar-refractivity contribution is 5.97. The van der Waals surface area contributed by atoms with Crippen molar-refractivity contribution in [2.45, 2.75) is 71.0 Å². The van der Waals surface area contributed by atoms with E-state index in [1.165, 1.54) is 31.2 Å². The molecule has 0 spiro atoms. The summed E-state index contributed by atoms with van der Waals surface area (Å²) in [6.07, 6.45) is 9.07. The van der Waals surface area contributed by atoms with E-state index in [9.17, 15) is 9.59 Å². The molecule has 3 heterocycles.